The van der Waals surface area contributed by atoms with Crippen molar-refractivity contribution < 1.29 is 18.8 Å². The first-order valence-corrected chi connectivity index (χ1v) is 7.50. The van der Waals surface area contributed by atoms with Crippen LogP contribution in [0.4, 0.5) is 0 Å². The lowest BCUT2D eigenvalue weighted by Crippen LogP contribution is -2.37. The van der Waals surface area contributed by atoms with Gasteiger partial charge in [0.1, 0.15) is 11.5 Å². The van der Waals surface area contributed by atoms with Gasteiger partial charge in [-0.15, -0.1) is 0 Å². The van der Waals surface area contributed by atoms with Gasteiger partial charge in [-0.1, -0.05) is 32.9 Å². The molecule has 1 heterocycles. The van der Waals surface area contributed by atoms with Gasteiger partial charge in [0.15, 0.2) is 0 Å². The average Bonchev–Trinajstić information content (AvgIpc) is 2.91. The number of methoxy groups -OCH3 is 1. The predicted octanol–water partition coefficient (Wildman–Crippen LogP) is 3.03. The Kier molecular flexibility index (Phi) is 6.33. The van der Waals surface area contributed by atoms with E-state index < -0.39 is 5.41 Å². The highest BCUT2D eigenvalue weighted by molar-refractivity contribution is 5.81. The number of ether oxygens (including phenoxy) is 2. The van der Waals surface area contributed by atoms with E-state index in [4.69, 9.17) is 14.0 Å². The van der Waals surface area contributed by atoms with E-state index in [1.165, 1.54) is 0 Å². The first kappa shape index (κ1) is 17.6. The molecule has 120 valence electrons. The minimum atomic E-state index is -0.878. The van der Waals surface area contributed by atoms with E-state index in [1.807, 2.05) is 27.7 Å². The van der Waals surface area contributed by atoms with Gasteiger partial charge in [-0.05, 0) is 25.7 Å². The summed E-state index contributed by atoms with van der Waals surface area (Å²) in [5.41, 5.74) is -0.878. The summed E-state index contributed by atoms with van der Waals surface area (Å²) in [7, 11) is 1.61. The fraction of sp³-hybridized carbons (Fsp3) is 0.800. The molecule has 0 aliphatic heterocycles. The van der Waals surface area contributed by atoms with Crippen LogP contribution in [0.5, 0.6) is 0 Å². The maximum Gasteiger partial charge on any atom is 0.321 e. The van der Waals surface area contributed by atoms with Gasteiger partial charge in [-0.3, -0.25) is 4.79 Å². The molecule has 0 fully saturated rings. The zero-order valence-electron chi connectivity index (χ0n) is 13.8. The second-order valence-electron chi connectivity index (χ2n) is 5.37. The standard InChI is InChI=1S/C15H26N2O4/c1-7-15(8-2,14(18)20-9-3)13-16-12(17-21-13)11(19-6)10(4)5/h10-11H,7-9H2,1-6H3. The molecule has 1 rings (SSSR count). The first-order valence-electron chi connectivity index (χ1n) is 7.50. The van der Waals surface area contributed by atoms with E-state index in [0.717, 1.165) is 0 Å². The third-order valence-electron chi connectivity index (χ3n) is 3.84. The van der Waals surface area contributed by atoms with Crippen molar-refractivity contribution in [3.05, 3.63) is 11.7 Å². The maximum absolute atomic E-state index is 12.3. The Morgan fingerprint density at radius 3 is 2.33 bits per heavy atom. The smallest absolute Gasteiger partial charge is 0.321 e. The van der Waals surface area contributed by atoms with Crippen LogP contribution in [-0.4, -0.2) is 29.8 Å². The van der Waals surface area contributed by atoms with Gasteiger partial charge < -0.3 is 14.0 Å². The van der Waals surface area contributed by atoms with Crippen LogP contribution in [0.3, 0.4) is 0 Å². The third kappa shape index (κ3) is 3.43. The zero-order chi connectivity index (χ0) is 16.0. The summed E-state index contributed by atoms with van der Waals surface area (Å²) in [5.74, 6) is 0.672. The molecule has 0 saturated heterocycles. The first-order chi connectivity index (χ1) is 9.96. The van der Waals surface area contributed by atoms with Crippen LogP contribution in [-0.2, 0) is 19.7 Å². The SMILES string of the molecule is CCOC(=O)C(CC)(CC)c1nc(C(OC)C(C)C)no1. The van der Waals surface area contributed by atoms with E-state index in [1.54, 1.807) is 14.0 Å². The summed E-state index contributed by atoms with van der Waals surface area (Å²) in [6, 6.07) is 0. The lowest BCUT2D eigenvalue weighted by Gasteiger charge is -2.24. The molecule has 0 amide bonds. The van der Waals surface area contributed by atoms with Gasteiger partial charge in [-0.25, -0.2) is 0 Å². The van der Waals surface area contributed by atoms with Gasteiger partial charge in [0.05, 0.1) is 6.61 Å². The molecule has 6 heteroatoms. The van der Waals surface area contributed by atoms with Gasteiger partial charge in [0, 0.05) is 7.11 Å². The molecule has 21 heavy (non-hydrogen) atoms. The Bertz CT molecular complexity index is 452. The van der Waals surface area contributed by atoms with Crippen LogP contribution in [0.2, 0.25) is 0 Å². The minimum Gasteiger partial charge on any atom is -0.465 e. The number of rotatable bonds is 8. The summed E-state index contributed by atoms with van der Waals surface area (Å²) < 4.78 is 16.0. The average molecular weight is 298 g/mol. The molecule has 0 aliphatic carbocycles. The number of carbonyl (C=O) groups excluding carboxylic acids is 1. The molecule has 1 aromatic rings. The van der Waals surface area contributed by atoms with Crippen LogP contribution in [0.15, 0.2) is 4.52 Å². The molecule has 0 spiro atoms. The Labute approximate surface area is 126 Å². The highest BCUT2D eigenvalue weighted by atomic mass is 16.5. The van der Waals surface area contributed by atoms with E-state index in [2.05, 4.69) is 10.1 Å². The molecule has 1 atom stereocenters. The monoisotopic (exact) mass is 298 g/mol. The Balaban J connectivity index is 3.17. The summed E-state index contributed by atoms with van der Waals surface area (Å²) in [5, 5.41) is 3.99. The van der Waals surface area contributed by atoms with Crippen LogP contribution in [0, 0.1) is 5.92 Å². The van der Waals surface area contributed by atoms with Crippen LogP contribution < -0.4 is 0 Å². The lowest BCUT2D eigenvalue weighted by molar-refractivity contribution is -0.151. The van der Waals surface area contributed by atoms with Crippen molar-refractivity contribution in [2.45, 2.75) is 59.0 Å². The van der Waals surface area contributed by atoms with Crippen molar-refractivity contribution in [3.63, 3.8) is 0 Å². The largest absolute Gasteiger partial charge is 0.465 e. The quantitative estimate of drug-likeness (QED) is 0.687. The highest BCUT2D eigenvalue weighted by Crippen LogP contribution is 2.33. The van der Waals surface area contributed by atoms with Gasteiger partial charge in [-0.2, -0.15) is 4.98 Å². The second-order valence-corrected chi connectivity index (χ2v) is 5.37. The molecular formula is C15H26N2O4. The van der Waals surface area contributed by atoms with E-state index >= 15 is 0 Å². The Morgan fingerprint density at radius 1 is 1.29 bits per heavy atom. The number of hydrogen-bond donors (Lipinski definition) is 0. The van der Waals surface area contributed by atoms with Crippen molar-refractivity contribution in [1.82, 2.24) is 10.1 Å². The fourth-order valence-corrected chi connectivity index (χ4v) is 2.42. The van der Waals surface area contributed by atoms with E-state index in [0.29, 0.717) is 31.2 Å². The number of esters is 1. The number of nitrogens with zero attached hydrogens (tertiary/aromatic N) is 2. The predicted molar refractivity (Wildman–Crippen MR) is 77.8 cm³/mol. The van der Waals surface area contributed by atoms with Gasteiger partial charge in [0.25, 0.3) is 0 Å². The number of aromatic nitrogens is 2. The summed E-state index contributed by atoms with van der Waals surface area (Å²) in [6.45, 7) is 9.98. The fourth-order valence-electron chi connectivity index (χ4n) is 2.42. The summed E-state index contributed by atoms with van der Waals surface area (Å²) in [6.07, 6.45) is 0.836. The van der Waals surface area contributed by atoms with Crippen molar-refractivity contribution >= 4 is 5.97 Å². The molecule has 0 radical (unpaired) electrons. The van der Waals surface area contributed by atoms with Gasteiger partial charge >= 0.3 is 5.97 Å². The molecular weight excluding hydrogens is 272 g/mol. The molecule has 0 aliphatic rings. The molecule has 6 nitrogen and oxygen atoms in total. The van der Waals surface area contributed by atoms with Crippen molar-refractivity contribution in [1.29, 1.82) is 0 Å². The Hall–Kier alpha value is -1.43. The highest BCUT2D eigenvalue weighted by Gasteiger charge is 2.44. The second kappa shape index (κ2) is 7.54. The molecule has 0 N–H and O–H groups in total. The van der Waals surface area contributed by atoms with Crippen LogP contribution >= 0.6 is 0 Å². The van der Waals surface area contributed by atoms with Crippen LogP contribution in [0.25, 0.3) is 0 Å². The molecule has 1 aromatic heterocycles. The van der Waals surface area contributed by atoms with Crippen molar-refractivity contribution in [2.75, 3.05) is 13.7 Å². The lowest BCUT2D eigenvalue weighted by atomic mass is 9.82. The molecule has 0 saturated carbocycles. The molecule has 1 unspecified atom stereocenters. The van der Waals surface area contributed by atoms with Crippen LogP contribution in [0.1, 0.15) is 65.3 Å². The number of carbonyl (C=O) groups is 1. The van der Waals surface area contributed by atoms with E-state index in [9.17, 15) is 4.79 Å². The zero-order valence-corrected chi connectivity index (χ0v) is 13.8. The normalized spacial score (nSPS) is 13.5. The molecule has 0 bridgehead atoms. The van der Waals surface area contributed by atoms with E-state index in [-0.39, 0.29) is 18.0 Å². The van der Waals surface area contributed by atoms with Crippen molar-refractivity contribution in [3.8, 4) is 0 Å². The molecule has 0 aromatic carbocycles. The minimum absolute atomic E-state index is 0.209. The summed E-state index contributed by atoms with van der Waals surface area (Å²) in [4.78, 5) is 16.7. The number of hydrogen-bond acceptors (Lipinski definition) is 6. The van der Waals surface area contributed by atoms with Gasteiger partial charge in [0.2, 0.25) is 11.7 Å². The van der Waals surface area contributed by atoms with Crippen molar-refractivity contribution in [2.24, 2.45) is 5.92 Å². The summed E-state index contributed by atoms with van der Waals surface area (Å²) >= 11 is 0. The topological polar surface area (TPSA) is 74.5 Å². The maximum atomic E-state index is 12.3. The third-order valence-corrected chi connectivity index (χ3v) is 3.84. The Morgan fingerprint density at radius 2 is 1.90 bits per heavy atom.